The van der Waals surface area contributed by atoms with Crippen molar-refractivity contribution in [3.05, 3.63) is 60.0 Å². The van der Waals surface area contributed by atoms with Crippen LogP contribution in [0.25, 0.3) is 11.5 Å². The molecule has 0 aliphatic rings. The van der Waals surface area contributed by atoms with Crippen molar-refractivity contribution in [3.8, 4) is 17.2 Å². The fourth-order valence-corrected chi connectivity index (χ4v) is 2.40. The van der Waals surface area contributed by atoms with Crippen LogP contribution in [0, 0.1) is 0 Å². The average Bonchev–Trinajstić information content (AvgIpc) is 3.12. The minimum atomic E-state index is -0.444. The molecule has 0 atom stereocenters. The van der Waals surface area contributed by atoms with Gasteiger partial charge in [-0.15, -0.1) is 10.2 Å². The number of aromatic nitrogens is 2. The standard InChI is InChI=1S/C20H21N3O3/c1-20(2,3)14-7-9-15(10-8-14)21-17(24)19-23-22-18(26-19)13-5-11-16(25-4)12-6-13/h5-12H,1-4H3,(H,21,24). The first kappa shape index (κ1) is 17.7. The van der Waals surface area contributed by atoms with E-state index in [0.717, 1.165) is 5.75 Å². The van der Waals surface area contributed by atoms with Gasteiger partial charge in [0, 0.05) is 11.3 Å². The summed E-state index contributed by atoms with van der Waals surface area (Å²) >= 11 is 0. The summed E-state index contributed by atoms with van der Waals surface area (Å²) < 4.78 is 10.6. The van der Waals surface area contributed by atoms with Crippen LogP contribution in [0.15, 0.2) is 52.9 Å². The molecule has 1 heterocycles. The SMILES string of the molecule is COc1ccc(-c2nnc(C(=O)Nc3ccc(C(C)(C)C)cc3)o2)cc1. The molecule has 134 valence electrons. The number of benzene rings is 2. The summed E-state index contributed by atoms with van der Waals surface area (Å²) in [5.41, 5.74) is 2.64. The molecule has 6 heteroatoms. The maximum Gasteiger partial charge on any atom is 0.313 e. The summed E-state index contributed by atoms with van der Waals surface area (Å²) in [4.78, 5) is 12.3. The fourth-order valence-electron chi connectivity index (χ4n) is 2.40. The zero-order valence-corrected chi connectivity index (χ0v) is 15.2. The topological polar surface area (TPSA) is 77.2 Å². The molecular formula is C20H21N3O3. The van der Waals surface area contributed by atoms with E-state index in [1.807, 2.05) is 24.3 Å². The first-order valence-corrected chi connectivity index (χ1v) is 8.26. The normalized spacial score (nSPS) is 11.2. The van der Waals surface area contributed by atoms with Crippen LogP contribution in [0.2, 0.25) is 0 Å². The third-order valence-electron chi connectivity index (χ3n) is 3.97. The number of rotatable bonds is 4. The Morgan fingerprint density at radius 3 is 2.23 bits per heavy atom. The number of hydrogen-bond acceptors (Lipinski definition) is 5. The van der Waals surface area contributed by atoms with Crippen LogP contribution >= 0.6 is 0 Å². The van der Waals surface area contributed by atoms with Gasteiger partial charge in [-0.1, -0.05) is 32.9 Å². The molecule has 0 spiro atoms. The number of methoxy groups -OCH3 is 1. The van der Waals surface area contributed by atoms with Crippen molar-refractivity contribution in [1.29, 1.82) is 0 Å². The van der Waals surface area contributed by atoms with Crippen LogP contribution in [0.1, 0.15) is 37.0 Å². The van der Waals surface area contributed by atoms with Crippen molar-refractivity contribution in [2.24, 2.45) is 0 Å². The van der Waals surface area contributed by atoms with Crippen molar-refractivity contribution in [1.82, 2.24) is 10.2 Å². The van der Waals surface area contributed by atoms with E-state index in [-0.39, 0.29) is 17.2 Å². The fraction of sp³-hybridized carbons (Fsp3) is 0.250. The van der Waals surface area contributed by atoms with Gasteiger partial charge < -0.3 is 14.5 Å². The summed E-state index contributed by atoms with van der Waals surface area (Å²) in [6, 6.07) is 14.9. The molecular weight excluding hydrogens is 330 g/mol. The third kappa shape index (κ3) is 3.91. The Hall–Kier alpha value is -3.15. The molecule has 0 fully saturated rings. The monoisotopic (exact) mass is 351 g/mol. The first-order chi connectivity index (χ1) is 12.4. The molecule has 0 radical (unpaired) electrons. The number of nitrogens with zero attached hydrogens (tertiary/aromatic N) is 2. The van der Waals surface area contributed by atoms with Gasteiger partial charge in [-0.2, -0.15) is 0 Å². The molecule has 3 aromatic rings. The van der Waals surface area contributed by atoms with Gasteiger partial charge in [-0.25, -0.2) is 0 Å². The van der Waals surface area contributed by atoms with E-state index >= 15 is 0 Å². The Kier molecular flexibility index (Phi) is 4.75. The molecule has 1 aromatic heterocycles. The smallest absolute Gasteiger partial charge is 0.313 e. The highest BCUT2D eigenvalue weighted by Crippen LogP contribution is 2.24. The summed E-state index contributed by atoms with van der Waals surface area (Å²) in [5.74, 6) is 0.474. The average molecular weight is 351 g/mol. The lowest BCUT2D eigenvalue weighted by Crippen LogP contribution is -2.14. The van der Waals surface area contributed by atoms with Gasteiger partial charge in [0.15, 0.2) is 0 Å². The van der Waals surface area contributed by atoms with Gasteiger partial charge in [0.1, 0.15) is 5.75 Å². The second-order valence-corrected chi connectivity index (χ2v) is 6.92. The van der Waals surface area contributed by atoms with E-state index in [0.29, 0.717) is 11.3 Å². The predicted octanol–water partition coefficient (Wildman–Crippen LogP) is 4.30. The summed E-state index contributed by atoms with van der Waals surface area (Å²) in [7, 11) is 1.60. The Bertz CT molecular complexity index is 891. The van der Waals surface area contributed by atoms with Gasteiger partial charge in [-0.3, -0.25) is 4.79 Å². The molecule has 2 aromatic carbocycles. The molecule has 1 amide bonds. The molecule has 0 aliphatic carbocycles. The van der Waals surface area contributed by atoms with E-state index in [1.54, 1.807) is 31.4 Å². The first-order valence-electron chi connectivity index (χ1n) is 8.26. The number of hydrogen-bond donors (Lipinski definition) is 1. The number of carbonyl (C=O) groups excluding carboxylic acids is 1. The lowest BCUT2D eigenvalue weighted by molar-refractivity contribution is 0.0991. The predicted molar refractivity (Wildman–Crippen MR) is 99.4 cm³/mol. The van der Waals surface area contributed by atoms with Gasteiger partial charge in [0.2, 0.25) is 5.89 Å². The van der Waals surface area contributed by atoms with E-state index in [2.05, 4.69) is 36.3 Å². The number of nitrogens with one attached hydrogen (secondary N) is 1. The van der Waals surface area contributed by atoms with Crippen molar-refractivity contribution in [2.45, 2.75) is 26.2 Å². The van der Waals surface area contributed by atoms with Gasteiger partial charge >= 0.3 is 11.8 Å². The van der Waals surface area contributed by atoms with E-state index in [4.69, 9.17) is 9.15 Å². The Morgan fingerprint density at radius 1 is 1.00 bits per heavy atom. The second-order valence-electron chi connectivity index (χ2n) is 6.92. The molecule has 0 aliphatic heterocycles. The summed E-state index contributed by atoms with van der Waals surface area (Å²) in [6.07, 6.45) is 0. The molecule has 0 bridgehead atoms. The molecule has 6 nitrogen and oxygen atoms in total. The van der Waals surface area contributed by atoms with Crippen molar-refractivity contribution < 1.29 is 13.9 Å². The van der Waals surface area contributed by atoms with Crippen LogP contribution in [0.3, 0.4) is 0 Å². The molecule has 3 rings (SSSR count). The van der Waals surface area contributed by atoms with Gasteiger partial charge in [-0.05, 0) is 47.4 Å². The highest BCUT2D eigenvalue weighted by molar-refractivity contribution is 6.00. The molecule has 0 unspecified atom stereocenters. The molecule has 0 saturated carbocycles. The zero-order valence-electron chi connectivity index (χ0n) is 15.2. The number of carbonyl (C=O) groups is 1. The number of anilines is 1. The van der Waals surface area contributed by atoms with E-state index < -0.39 is 5.91 Å². The second kappa shape index (κ2) is 7.00. The van der Waals surface area contributed by atoms with Crippen molar-refractivity contribution in [3.63, 3.8) is 0 Å². The quantitative estimate of drug-likeness (QED) is 0.758. The van der Waals surface area contributed by atoms with Gasteiger partial charge in [0.25, 0.3) is 0 Å². The van der Waals surface area contributed by atoms with Crippen LogP contribution in [-0.4, -0.2) is 23.2 Å². The lowest BCUT2D eigenvalue weighted by atomic mass is 9.87. The Morgan fingerprint density at radius 2 is 1.65 bits per heavy atom. The van der Waals surface area contributed by atoms with Crippen LogP contribution in [0.4, 0.5) is 5.69 Å². The van der Waals surface area contributed by atoms with Crippen LogP contribution in [0.5, 0.6) is 5.75 Å². The van der Waals surface area contributed by atoms with E-state index in [1.165, 1.54) is 5.56 Å². The minimum Gasteiger partial charge on any atom is -0.497 e. The minimum absolute atomic E-state index is 0.0578. The van der Waals surface area contributed by atoms with Crippen LogP contribution in [-0.2, 0) is 5.41 Å². The van der Waals surface area contributed by atoms with Crippen molar-refractivity contribution in [2.75, 3.05) is 12.4 Å². The highest BCUT2D eigenvalue weighted by Gasteiger charge is 2.17. The highest BCUT2D eigenvalue weighted by atomic mass is 16.5. The summed E-state index contributed by atoms with van der Waals surface area (Å²) in [5, 5.41) is 10.5. The number of amides is 1. The molecule has 26 heavy (non-hydrogen) atoms. The maximum absolute atomic E-state index is 12.3. The number of ether oxygens (including phenoxy) is 1. The Labute approximate surface area is 152 Å². The molecule has 0 saturated heterocycles. The molecule has 1 N–H and O–H groups in total. The van der Waals surface area contributed by atoms with Crippen molar-refractivity contribution >= 4 is 11.6 Å². The lowest BCUT2D eigenvalue weighted by Gasteiger charge is -2.19. The Balaban J connectivity index is 1.71. The summed E-state index contributed by atoms with van der Waals surface area (Å²) in [6.45, 7) is 6.42. The van der Waals surface area contributed by atoms with Gasteiger partial charge in [0.05, 0.1) is 7.11 Å². The largest absolute Gasteiger partial charge is 0.497 e. The zero-order chi connectivity index (χ0) is 18.7. The van der Waals surface area contributed by atoms with Crippen LogP contribution < -0.4 is 10.1 Å². The maximum atomic E-state index is 12.3. The van der Waals surface area contributed by atoms with E-state index in [9.17, 15) is 4.79 Å². The third-order valence-corrected chi connectivity index (χ3v) is 3.97.